The Morgan fingerprint density at radius 2 is 2.20 bits per heavy atom. The zero-order valence-electron chi connectivity index (χ0n) is 9.23. The van der Waals surface area contributed by atoms with Gasteiger partial charge in [0.25, 0.3) is 5.56 Å². The first-order chi connectivity index (χ1) is 6.98. The zero-order valence-corrected chi connectivity index (χ0v) is 10.1. The largest absolute Gasteiger partial charge is 0.480 e. The van der Waals surface area contributed by atoms with E-state index in [4.69, 9.17) is 4.74 Å². The quantitative estimate of drug-likeness (QED) is 0.788. The zero-order chi connectivity index (χ0) is 11.5. The van der Waals surface area contributed by atoms with Gasteiger partial charge in [-0.1, -0.05) is 13.8 Å². The number of aromatic nitrogens is 2. The van der Waals surface area contributed by atoms with Crippen LogP contribution in [0.5, 0.6) is 5.88 Å². The van der Waals surface area contributed by atoms with Gasteiger partial charge in [-0.25, -0.2) is 4.68 Å². The number of thiol groups is 1. The van der Waals surface area contributed by atoms with E-state index in [1.54, 1.807) is 6.07 Å². The summed E-state index contributed by atoms with van der Waals surface area (Å²) in [6.45, 7) is 4.60. The standard InChI is InChI=1S/C10H16N2O2S/c1-10(2,7-15)6-12-9(13)5-4-8(11-12)14-3/h4-5,15H,6-7H2,1-3H3. The fourth-order valence-corrected chi connectivity index (χ4v) is 1.21. The van der Waals surface area contributed by atoms with E-state index in [1.165, 1.54) is 17.9 Å². The molecule has 4 nitrogen and oxygen atoms in total. The maximum Gasteiger partial charge on any atom is 0.266 e. The summed E-state index contributed by atoms with van der Waals surface area (Å²) < 4.78 is 6.38. The predicted octanol–water partition coefficient (Wildman–Crippen LogP) is 1.21. The van der Waals surface area contributed by atoms with Crippen LogP contribution in [0, 0.1) is 5.41 Å². The molecule has 0 radical (unpaired) electrons. The Morgan fingerprint density at radius 3 is 2.73 bits per heavy atom. The van der Waals surface area contributed by atoms with Gasteiger partial charge in [0.05, 0.1) is 13.7 Å². The Morgan fingerprint density at radius 1 is 1.53 bits per heavy atom. The van der Waals surface area contributed by atoms with Gasteiger partial charge in [0.2, 0.25) is 5.88 Å². The lowest BCUT2D eigenvalue weighted by Crippen LogP contribution is -2.31. The second-order valence-electron chi connectivity index (χ2n) is 4.19. The van der Waals surface area contributed by atoms with E-state index in [0.29, 0.717) is 18.2 Å². The Bertz CT molecular complexity index is 387. The average Bonchev–Trinajstić information content (AvgIpc) is 2.21. The van der Waals surface area contributed by atoms with Crippen LogP contribution in [0.15, 0.2) is 16.9 Å². The SMILES string of the molecule is COc1ccc(=O)n(CC(C)(C)CS)n1. The van der Waals surface area contributed by atoms with Crippen molar-refractivity contribution in [2.45, 2.75) is 20.4 Å². The first-order valence-electron chi connectivity index (χ1n) is 4.71. The van der Waals surface area contributed by atoms with Gasteiger partial charge in [-0.05, 0) is 11.2 Å². The van der Waals surface area contributed by atoms with Crippen molar-refractivity contribution in [1.29, 1.82) is 0 Å². The Balaban J connectivity index is 2.98. The molecule has 0 aromatic carbocycles. The van der Waals surface area contributed by atoms with Crippen molar-refractivity contribution < 1.29 is 4.74 Å². The molecule has 1 aromatic heterocycles. The van der Waals surface area contributed by atoms with E-state index >= 15 is 0 Å². The van der Waals surface area contributed by atoms with E-state index < -0.39 is 0 Å². The lowest BCUT2D eigenvalue weighted by molar-refractivity contribution is 0.307. The fourth-order valence-electron chi connectivity index (χ4n) is 1.11. The molecule has 0 N–H and O–H groups in total. The minimum Gasteiger partial charge on any atom is -0.480 e. The van der Waals surface area contributed by atoms with Crippen LogP contribution in [0.4, 0.5) is 0 Å². The molecule has 0 bridgehead atoms. The van der Waals surface area contributed by atoms with E-state index in [-0.39, 0.29) is 11.0 Å². The summed E-state index contributed by atoms with van der Waals surface area (Å²) in [7, 11) is 1.53. The van der Waals surface area contributed by atoms with Gasteiger partial charge in [0.1, 0.15) is 0 Å². The molecule has 0 saturated carbocycles. The Labute approximate surface area is 94.7 Å². The van der Waals surface area contributed by atoms with E-state index in [2.05, 4.69) is 17.7 Å². The van der Waals surface area contributed by atoms with Crippen LogP contribution in [-0.4, -0.2) is 22.6 Å². The molecule has 0 fully saturated rings. The van der Waals surface area contributed by atoms with Crippen LogP contribution in [0.25, 0.3) is 0 Å². The van der Waals surface area contributed by atoms with Crippen molar-refractivity contribution in [3.63, 3.8) is 0 Å². The molecule has 0 saturated heterocycles. The van der Waals surface area contributed by atoms with Crippen molar-refractivity contribution in [3.05, 3.63) is 22.5 Å². The number of hydrogen-bond donors (Lipinski definition) is 1. The van der Waals surface area contributed by atoms with E-state index in [1.807, 2.05) is 13.8 Å². The van der Waals surface area contributed by atoms with Gasteiger partial charge in [-0.2, -0.15) is 12.6 Å². The van der Waals surface area contributed by atoms with Crippen molar-refractivity contribution in [2.75, 3.05) is 12.9 Å². The normalized spacial score (nSPS) is 11.5. The average molecular weight is 228 g/mol. The molecule has 1 heterocycles. The van der Waals surface area contributed by atoms with Gasteiger partial charge < -0.3 is 4.74 Å². The minimum absolute atomic E-state index is 0.0632. The summed E-state index contributed by atoms with van der Waals surface area (Å²) >= 11 is 4.24. The molecular formula is C10H16N2O2S. The molecule has 0 spiro atoms. The Kier molecular flexibility index (Phi) is 3.79. The minimum atomic E-state index is -0.120. The highest BCUT2D eigenvalue weighted by molar-refractivity contribution is 7.80. The van der Waals surface area contributed by atoms with Crippen LogP contribution < -0.4 is 10.3 Å². The van der Waals surface area contributed by atoms with Crippen molar-refractivity contribution in [3.8, 4) is 5.88 Å². The molecule has 5 heteroatoms. The number of methoxy groups -OCH3 is 1. The highest BCUT2D eigenvalue weighted by atomic mass is 32.1. The molecule has 1 rings (SSSR count). The number of rotatable bonds is 4. The second kappa shape index (κ2) is 4.70. The maximum atomic E-state index is 11.5. The summed E-state index contributed by atoms with van der Waals surface area (Å²) in [6, 6.07) is 3.02. The lowest BCUT2D eigenvalue weighted by atomic mass is 9.97. The fraction of sp³-hybridized carbons (Fsp3) is 0.600. The van der Waals surface area contributed by atoms with Gasteiger partial charge in [-0.15, -0.1) is 5.10 Å². The predicted molar refractivity (Wildman–Crippen MR) is 62.7 cm³/mol. The van der Waals surface area contributed by atoms with E-state index in [0.717, 1.165) is 0 Å². The van der Waals surface area contributed by atoms with Crippen LogP contribution in [0.3, 0.4) is 0 Å². The topological polar surface area (TPSA) is 44.1 Å². The third-order valence-corrected chi connectivity index (χ3v) is 2.91. The molecule has 84 valence electrons. The molecule has 15 heavy (non-hydrogen) atoms. The molecule has 0 aliphatic rings. The summed E-state index contributed by atoms with van der Waals surface area (Å²) in [4.78, 5) is 11.5. The third kappa shape index (κ3) is 3.27. The molecule has 1 aromatic rings. The first kappa shape index (κ1) is 12.1. The van der Waals surface area contributed by atoms with Gasteiger partial charge >= 0.3 is 0 Å². The molecule has 0 unspecified atom stereocenters. The molecule has 0 aliphatic heterocycles. The second-order valence-corrected chi connectivity index (χ2v) is 4.51. The molecule has 0 atom stereocenters. The summed E-state index contributed by atoms with van der Waals surface area (Å²) in [5.74, 6) is 1.14. The number of hydrogen-bond acceptors (Lipinski definition) is 4. The highest BCUT2D eigenvalue weighted by Gasteiger charge is 2.18. The van der Waals surface area contributed by atoms with Crippen LogP contribution in [0.2, 0.25) is 0 Å². The Hall–Kier alpha value is -0.970. The molecule has 0 amide bonds. The molecule has 0 aliphatic carbocycles. The molecular weight excluding hydrogens is 212 g/mol. The number of nitrogens with zero attached hydrogens (tertiary/aromatic N) is 2. The summed E-state index contributed by atoms with van der Waals surface area (Å²) in [5, 5.41) is 4.07. The number of ether oxygens (including phenoxy) is 1. The van der Waals surface area contributed by atoms with Gasteiger partial charge in [0, 0.05) is 12.1 Å². The van der Waals surface area contributed by atoms with Crippen LogP contribution >= 0.6 is 12.6 Å². The van der Waals surface area contributed by atoms with Crippen LogP contribution in [-0.2, 0) is 6.54 Å². The summed E-state index contributed by atoms with van der Waals surface area (Å²) in [5.41, 5.74) is -0.183. The van der Waals surface area contributed by atoms with E-state index in [9.17, 15) is 4.79 Å². The first-order valence-corrected chi connectivity index (χ1v) is 5.35. The van der Waals surface area contributed by atoms with Gasteiger partial charge in [0.15, 0.2) is 0 Å². The monoisotopic (exact) mass is 228 g/mol. The van der Waals surface area contributed by atoms with Crippen molar-refractivity contribution in [1.82, 2.24) is 9.78 Å². The third-order valence-electron chi connectivity index (χ3n) is 2.06. The highest BCUT2D eigenvalue weighted by Crippen LogP contribution is 2.18. The summed E-state index contributed by atoms with van der Waals surface area (Å²) in [6.07, 6.45) is 0. The van der Waals surface area contributed by atoms with Crippen LogP contribution in [0.1, 0.15) is 13.8 Å². The van der Waals surface area contributed by atoms with Crippen molar-refractivity contribution >= 4 is 12.6 Å². The lowest BCUT2D eigenvalue weighted by Gasteiger charge is -2.22. The van der Waals surface area contributed by atoms with Gasteiger partial charge in [-0.3, -0.25) is 4.79 Å². The smallest absolute Gasteiger partial charge is 0.266 e. The maximum absolute atomic E-state index is 11.5. The van der Waals surface area contributed by atoms with Crippen molar-refractivity contribution in [2.24, 2.45) is 5.41 Å².